The third-order valence-corrected chi connectivity index (χ3v) is 2.35. The molecule has 0 atom stereocenters. The molecule has 2 N–H and O–H groups in total. The predicted octanol–water partition coefficient (Wildman–Crippen LogP) is 2.63. The van der Waals surface area contributed by atoms with Gasteiger partial charge in [0.15, 0.2) is 0 Å². The molecule has 0 bridgehead atoms. The van der Waals surface area contributed by atoms with Crippen LogP contribution in [-0.4, -0.2) is 38.2 Å². The Bertz CT molecular complexity index is 100. The highest BCUT2D eigenvalue weighted by Gasteiger charge is 2.11. The lowest BCUT2D eigenvalue weighted by Crippen LogP contribution is -2.44. The second-order valence-corrected chi connectivity index (χ2v) is 4.23. The van der Waals surface area contributed by atoms with Crippen molar-refractivity contribution in [3.8, 4) is 0 Å². The van der Waals surface area contributed by atoms with Gasteiger partial charge in [0, 0.05) is 6.54 Å². The summed E-state index contributed by atoms with van der Waals surface area (Å²) < 4.78 is 1.08. The molecule has 0 fully saturated rings. The summed E-state index contributed by atoms with van der Waals surface area (Å²) in [6.07, 6.45) is 5.43. The topological polar surface area (TPSA) is 26.0 Å². The van der Waals surface area contributed by atoms with Crippen molar-refractivity contribution in [3.05, 3.63) is 0 Å². The van der Waals surface area contributed by atoms with E-state index in [9.17, 15) is 0 Å². The summed E-state index contributed by atoms with van der Waals surface area (Å²) in [4.78, 5) is 0. The van der Waals surface area contributed by atoms with Gasteiger partial charge in [-0.2, -0.15) is 0 Å². The molecule has 0 aliphatic heterocycles. The molecule has 0 aliphatic carbocycles. The molecule has 0 heterocycles. The first-order chi connectivity index (χ1) is 6.62. The first kappa shape index (κ1) is 16.4. The van der Waals surface area contributed by atoms with Gasteiger partial charge in [0.05, 0.1) is 27.2 Å². The van der Waals surface area contributed by atoms with Gasteiger partial charge in [0.1, 0.15) is 0 Å². The van der Waals surface area contributed by atoms with Crippen LogP contribution < -0.4 is 5.73 Å². The standard InChI is InChI=1S/C10H25N2.C2H6/c1-4-5-6-7-9-12(2,3)10-8-11;1-2/h4-11H2,1-3H3;1-2H3/q+1;. The third kappa shape index (κ3) is 11.9. The average Bonchev–Trinajstić information content (AvgIpc) is 2.16. The Labute approximate surface area is 91.1 Å². The average molecular weight is 203 g/mol. The minimum absolute atomic E-state index is 0.806. The van der Waals surface area contributed by atoms with Crippen molar-refractivity contribution < 1.29 is 4.48 Å². The SMILES string of the molecule is CC.CCCCCC[N+](C)(C)CCN. The summed E-state index contributed by atoms with van der Waals surface area (Å²) in [7, 11) is 4.53. The summed E-state index contributed by atoms with van der Waals surface area (Å²) in [5.41, 5.74) is 5.53. The molecule has 0 aromatic carbocycles. The number of hydrogen-bond acceptors (Lipinski definition) is 1. The number of unbranched alkanes of at least 4 members (excludes halogenated alkanes) is 3. The van der Waals surface area contributed by atoms with Gasteiger partial charge in [0.2, 0.25) is 0 Å². The van der Waals surface area contributed by atoms with Crippen LogP contribution in [0.1, 0.15) is 46.5 Å². The summed E-state index contributed by atoms with van der Waals surface area (Å²) >= 11 is 0. The second-order valence-electron chi connectivity index (χ2n) is 4.23. The van der Waals surface area contributed by atoms with Gasteiger partial charge in [-0.3, -0.25) is 0 Å². The Hall–Kier alpha value is -0.0800. The van der Waals surface area contributed by atoms with Crippen molar-refractivity contribution in [3.63, 3.8) is 0 Å². The molecule has 2 heteroatoms. The van der Waals surface area contributed by atoms with E-state index in [0.717, 1.165) is 17.6 Å². The van der Waals surface area contributed by atoms with Crippen LogP contribution in [0.2, 0.25) is 0 Å². The monoisotopic (exact) mass is 203 g/mol. The summed E-state index contributed by atoms with van der Waals surface area (Å²) in [5, 5.41) is 0. The quantitative estimate of drug-likeness (QED) is 0.499. The number of nitrogens with two attached hydrogens (primary N) is 1. The zero-order valence-electron chi connectivity index (χ0n) is 11.0. The van der Waals surface area contributed by atoms with E-state index in [-0.39, 0.29) is 0 Å². The van der Waals surface area contributed by atoms with Crippen molar-refractivity contribution in [2.24, 2.45) is 5.73 Å². The Morgan fingerprint density at radius 3 is 1.93 bits per heavy atom. The van der Waals surface area contributed by atoms with Crippen LogP contribution in [0.4, 0.5) is 0 Å². The summed E-state index contributed by atoms with van der Waals surface area (Å²) in [6, 6.07) is 0. The third-order valence-electron chi connectivity index (χ3n) is 2.35. The normalized spacial score (nSPS) is 10.7. The molecule has 0 radical (unpaired) electrons. The molecule has 0 aromatic heterocycles. The van der Waals surface area contributed by atoms with Crippen molar-refractivity contribution in [1.82, 2.24) is 0 Å². The second kappa shape index (κ2) is 11.0. The highest BCUT2D eigenvalue weighted by molar-refractivity contribution is 4.41. The minimum Gasteiger partial charge on any atom is -0.327 e. The number of hydrogen-bond donors (Lipinski definition) is 1. The summed E-state index contributed by atoms with van der Waals surface area (Å²) in [5.74, 6) is 0. The van der Waals surface area contributed by atoms with Crippen LogP contribution in [0.3, 0.4) is 0 Å². The lowest BCUT2D eigenvalue weighted by Gasteiger charge is -2.29. The van der Waals surface area contributed by atoms with E-state index in [0.29, 0.717) is 0 Å². The smallest absolute Gasteiger partial charge is 0.0907 e. The molecular weight excluding hydrogens is 172 g/mol. The molecule has 88 valence electrons. The van der Waals surface area contributed by atoms with Crippen LogP contribution in [0.25, 0.3) is 0 Å². The van der Waals surface area contributed by atoms with Crippen molar-refractivity contribution in [2.75, 3.05) is 33.7 Å². The van der Waals surface area contributed by atoms with Crippen molar-refractivity contribution >= 4 is 0 Å². The molecular formula is C12H31N2+. The Morgan fingerprint density at radius 1 is 0.929 bits per heavy atom. The van der Waals surface area contributed by atoms with E-state index in [1.54, 1.807) is 0 Å². The van der Waals surface area contributed by atoms with E-state index in [1.165, 1.54) is 32.2 Å². The summed E-state index contributed by atoms with van der Waals surface area (Å²) in [6.45, 7) is 9.43. The van der Waals surface area contributed by atoms with E-state index < -0.39 is 0 Å². The van der Waals surface area contributed by atoms with E-state index in [4.69, 9.17) is 5.73 Å². The Kier molecular flexibility index (Phi) is 12.8. The number of nitrogens with zero attached hydrogens (tertiary/aromatic N) is 1. The van der Waals surface area contributed by atoms with E-state index in [1.807, 2.05) is 13.8 Å². The largest absolute Gasteiger partial charge is 0.327 e. The number of likely N-dealkylation sites (N-methyl/N-ethyl adjacent to an activating group) is 1. The van der Waals surface area contributed by atoms with Crippen LogP contribution in [0, 0.1) is 0 Å². The zero-order chi connectivity index (χ0) is 11.4. The van der Waals surface area contributed by atoms with Crippen LogP contribution in [0.15, 0.2) is 0 Å². The fourth-order valence-corrected chi connectivity index (χ4v) is 1.43. The lowest BCUT2D eigenvalue weighted by atomic mass is 10.2. The molecule has 0 saturated carbocycles. The van der Waals surface area contributed by atoms with Gasteiger partial charge >= 0.3 is 0 Å². The maximum absolute atomic E-state index is 5.53. The molecule has 0 rings (SSSR count). The molecule has 14 heavy (non-hydrogen) atoms. The van der Waals surface area contributed by atoms with Crippen molar-refractivity contribution in [1.29, 1.82) is 0 Å². The van der Waals surface area contributed by atoms with Gasteiger partial charge < -0.3 is 10.2 Å². The maximum atomic E-state index is 5.53. The molecule has 0 aromatic rings. The number of quaternary nitrogens is 1. The first-order valence-corrected chi connectivity index (χ1v) is 6.14. The fourth-order valence-electron chi connectivity index (χ4n) is 1.43. The van der Waals surface area contributed by atoms with E-state index in [2.05, 4.69) is 21.0 Å². The molecule has 2 nitrogen and oxygen atoms in total. The minimum atomic E-state index is 0.806. The number of rotatable bonds is 7. The van der Waals surface area contributed by atoms with Gasteiger partial charge in [-0.1, -0.05) is 33.6 Å². The van der Waals surface area contributed by atoms with Crippen LogP contribution >= 0.6 is 0 Å². The Morgan fingerprint density at radius 2 is 1.50 bits per heavy atom. The van der Waals surface area contributed by atoms with E-state index >= 15 is 0 Å². The van der Waals surface area contributed by atoms with Gasteiger partial charge in [-0.05, 0) is 12.8 Å². The van der Waals surface area contributed by atoms with Crippen LogP contribution in [0.5, 0.6) is 0 Å². The maximum Gasteiger partial charge on any atom is 0.0907 e. The molecule has 0 spiro atoms. The molecule has 0 aliphatic rings. The molecule has 0 amide bonds. The van der Waals surface area contributed by atoms with Gasteiger partial charge in [0.25, 0.3) is 0 Å². The first-order valence-electron chi connectivity index (χ1n) is 6.14. The fraction of sp³-hybridized carbons (Fsp3) is 1.00. The highest BCUT2D eigenvalue weighted by atomic mass is 15.3. The molecule has 0 unspecified atom stereocenters. The van der Waals surface area contributed by atoms with Crippen LogP contribution in [-0.2, 0) is 0 Å². The lowest BCUT2D eigenvalue weighted by molar-refractivity contribution is -0.889. The van der Waals surface area contributed by atoms with Crippen molar-refractivity contribution in [2.45, 2.75) is 46.5 Å². The predicted molar refractivity (Wildman–Crippen MR) is 66.4 cm³/mol. The van der Waals surface area contributed by atoms with Gasteiger partial charge in [-0.25, -0.2) is 0 Å². The molecule has 0 saturated heterocycles. The van der Waals surface area contributed by atoms with Gasteiger partial charge in [-0.15, -0.1) is 0 Å². The zero-order valence-corrected chi connectivity index (χ0v) is 11.0. The Balaban J connectivity index is 0. The highest BCUT2D eigenvalue weighted by Crippen LogP contribution is 2.04.